The van der Waals surface area contributed by atoms with Crippen molar-refractivity contribution in [2.45, 2.75) is 13.8 Å². The summed E-state index contributed by atoms with van der Waals surface area (Å²) < 4.78 is 11.0. The van der Waals surface area contributed by atoms with E-state index < -0.39 is 17.7 Å². The molecule has 1 N–H and O–H groups in total. The highest BCUT2D eigenvalue weighted by atomic mass is 16.5. The van der Waals surface area contributed by atoms with Crippen molar-refractivity contribution in [1.82, 2.24) is 14.9 Å². The van der Waals surface area contributed by atoms with Crippen LogP contribution in [0.1, 0.15) is 23.6 Å². The first-order valence-electron chi connectivity index (χ1n) is 11.2. The molecule has 178 valence electrons. The lowest BCUT2D eigenvalue weighted by Crippen LogP contribution is -2.27. The van der Waals surface area contributed by atoms with Gasteiger partial charge >= 0.3 is 5.97 Å². The number of ether oxygens (including phenoxy) is 2. The molecule has 0 radical (unpaired) electrons. The van der Waals surface area contributed by atoms with Gasteiger partial charge in [-0.2, -0.15) is 0 Å². The Hall–Kier alpha value is -4.22. The summed E-state index contributed by atoms with van der Waals surface area (Å²) in [6.07, 6.45) is 5.00. The molecule has 2 aromatic heterocycles. The average Bonchev–Trinajstić information content (AvgIpc) is 3.36. The SMILES string of the molecule is CCOC(=O)C1C(=O)/C(=C/c2c[nH]c3ncccc23)OC1=Nc1ccc(C#CCN(C)C)cc1C. The summed E-state index contributed by atoms with van der Waals surface area (Å²) in [4.78, 5) is 39.7. The van der Waals surface area contributed by atoms with Crippen LogP contribution in [0.2, 0.25) is 0 Å². The van der Waals surface area contributed by atoms with Crippen LogP contribution in [-0.4, -0.2) is 59.8 Å². The molecule has 1 aliphatic heterocycles. The zero-order valence-corrected chi connectivity index (χ0v) is 20.1. The fourth-order valence-corrected chi connectivity index (χ4v) is 3.61. The minimum atomic E-state index is -1.26. The molecular formula is C27H26N4O4. The summed E-state index contributed by atoms with van der Waals surface area (Å²) >= 11 is 0. The summed E-state index contributed by atoms with van der Waals surface area (Å²) in [6, 6.07) is 9.25. The van der Waals surface area contributed by atoms with Gasteiger partial charge < -0.3 is 14.5 Å². The maximum absolute atomic E-state index is 13.2. The van der Waals surface area contributed by atoms with Gasteiger partial charge in [0.05, 0.1) is 18.8 Å². The highest BCUT2D eigenvalue weighted by Gasteiger charge is 2.44. The largest absolute Gasteiger partial charge is 0.465 e. The quantitative estimate of drug-likeness (QED) is 0.265. The molecule has 35 heavy (non-hydrogen) atoms. The number of ketones is 1. The van der Waals surface area contributed by atoms with Crippen LogP contribution in [0.5, 0.6) is 0 Å². The minimum absolute atomic E-state index is 0.00721. The van der Waals surface area contributed by atoms with Crippen molar-refractivity contribution in [2.75, 3.05) is 27.2 Å². The van der Waals surface area contributed by atoms with E-state index in [1.54, 1.807) is 37.5 Å². The van der Waals surface area contributed by atoms with Crippen LogP contribution >= 0.6 is 0 Å². The van der Waals surface area contributed by atoms with Crippen LogP contribution in [0.4, 0.5) is 5.69 Å². The van der Waals surface area contributed by atoms with Crippen molar-refractivity contribution in [2.24, 2.45) is 10.9 Å². The Morgan fingerprint density at radius 3 is 2.91 bits per heavy atom. The van der Waals surface area contributed by atoms with Gasteiger partial charge in [0, 0.05) is 28.9 Å². The molecule has 0 bridgehead atoms. The lowest BCUT2D eigenvalue weighted by Gasteiger charge is -2.08. The van der Waals surface area contributed by atoms with Crippen molar-refractivity contribution in [3.63, 3.8) is 0 Å². The van der Waals surface area contributed by atoms with Gasteiger partial charge in [-0.05, 0) is 69.9 Å². The number of aromatic amines is 1. The van der Waals surface area contributed by atoms with Gasteiger partial charge in [0.25, 0.3) is 0 Å². The smallest absolute Gasteiger partial charge is 0.326 e. The Labute approximate surface area is 203 Å². The van der Waals surface area contributed by atoms with Crippen molar-refractivity contribution in [3.05, 3.63) is 65.2 Å². The fraction of sp³-hybridized carbons (Fsp3) is 0.259. The first kappa shape index (κ1) is 23.9. The predicted molar refractivity (Wildman–Crippen MR) is 134 cm³/mol. The third-order valence-electron chi connectivity index (χ3n) is 5.31. The Morgan fingerprint density at radius 1 is 1.34 bits per heavy atom. The number of pyridine rings is 1. The number of allylic oxidation sites excluding steroid dienone is 1. The first-order valence-corrected chi connectivity index (χ1v) is 11.2. The number of nitrogens with one attached hydrogen (secondary N) is 1. The van der Waals surface area contributed by atoms with Crippen LogP contribution in [0.3, 0.4) is 0 Å². The number of aryl methyl sites for hydroxylation is 1. The summed E-state index contributed by atoms with van der Waals surface area (Å²) in [6.45, 7) is 4.37. The highest BCUT2D eigenvalue weighted by Crippen LogP contribution is 2.30. The number of hydrogen-bond donors (Lipinski definition) is 1. The summed E-state index contributed by atoms with van der Waals surface area (Å²) in [5.74, 6) is 3.78. The number of aromatic nitrogens is 2. The summed E-state index contributed by atoms with van der Waals surface area (Å²) in [7, 11) is 3.92. The van der Waals surface area contributed by atoms with Gasteiger partial charge in [-0.25, -0.2) is 9.98 Å². The lowest BCUT2D eigenvalue weighted by atomic mass is 10.0. The number of Topliss-reactive ketones (excluding diaryl/α,β-unsaturated/α-hetero) is 1. The lowest BCUT2D eigenvalue weighted by molar-refractivity contribution is -0.147. The molecule has 1 fully saturated rings. The molecule has 0 saturated carbocycles. The molecule has 0 spiro atoms. The van der Waals surface area contributed by atoms with E-state index in [1.807, 2.05) is 44.1 Å². The molecule has 1 saturated heterocycles. The molecule has 0 aliphatic carbocycles. The number of nitrogens with zero attached hydrogens (tertiary/aromatic N) is 3. The Kier molecular flexibility index (Phi) is 7.09. The van der Waals surface area contributed by atoms with Crippen molar-refractivity contribution in [3.8, 4) is 11.8 Å². The number of carbonyl (C=O) groups excluding carboxylic acids is 2. The normalized spacial score (nSPS) is 17.6. The number of fused-ring (bicyclic) bond motifs is 1. The van der Waals surface area contributed by atoms with Crippen LogP contribution < -0.4 is 0 Å². The molecule has 1 aromatic carbocycles. The van der Waals surface area contributed by atoms with Crippen LogP contribution in [0.25, 0.3) is 17.1 Å². The van der Waals surface area contributed by atoms with E-state index in [4.69, 9.17) is 9.47 Å². The summed E-state index contributed by atoms with van der Waals surface area (Å²) in [5, 5.41) is 0.830. The third-order valence-corrected chi connectivity index (χ3v) is 5.31. The van der Waals surface area contributed by atoms with Gasteiger partial charge in [0.15, 0.2) is 11.7 Å². The van der Waals surface area contributed by atoms with E-state index in [2.05, 4.69) is 26.8 Å². The second-order valence-corrected chi connectivity index (χ2v) is 8.29. The summed E-state index contributed by atoms with van der Waals surface area (Å²) in [5.41, 5.74) is 3.68. The second kappa shape index (κ2) is 10.4. The number of esters is 1. The molecule has 1 atom stereocenters. The zero-order valence-electron chi connectivity index (χ0n) is 20.1. The monoisotopic (exact) mass is 470 g/mol. The van der Waals surface area contributed by atoms with E-state index in [-0.39, 0.29) is 18.3 Å². The standard InChI is InChI=1S/C27H26N4O4/c1-5-34-27(33)23-24(32)22(15-19-16-29-25-20(19)9-6-12-28-25)35-26(23)30-21-11-10-18(14-17(21)2)8-7-13-31(3)4/h6,9-12,14-16,23H,5,13H2,1-4H3,(H,28,29)/b22-15-,30-26?. The third kappa shape index (κ3) is 5.31. The maximum Gasteiger partial charge on any atom is 0.326 e. The number of carbonyl (C=O) groups is 2. The second-order valence-electron chi connectivity index (χ2n) is 8.29. The fourth-order valence-electron chi connectivity index (χ4n) is 3.61. The van der Waals surface area contributed by atoms with Crippen LogP contribution in [0, 0.1) is 24.7 Å². The minimum Gasteiger partial charge on any atom is -0.465 e. The molecule has 3 aromatic rings. The van der Waals surface area contributed by atoms with E-state index in [0.717, 1.165) is 22.1 Å². The molecule has 1 aliphatic rings. The molecule has 3 heterocycles. The van der Waals surface area contributed by atoms with Crippen molar-refractivity contribution in [1.29, 1.82) is 0 Å². The van der Waals surface area contributed by atoms with Gasteiger partial charge in [0.1, 0.15) is 5.65 Å². The first-order chi connectivity index (χ1) is 16.9. The maximum atomic E-state index is 13.2. The molecule has 8 heteroatoms. The molecule has 0 amide bonds. The van der Waals surface area contributed by atoms with Gasteiger partial charge in [-0.1, -0.05) is 11.8 Å². The van der Waals surface area contributed by atoms with E-state index in [9.17, 15) is 9.59 Å². The highest BCUT2D eigenvalue weighted by molar-refractivity contribution is 6.27. The van der Waals surface area contributed by atoms with E-state index in [0.29, 0.717) is 17.9 Å². The van der Waals surface area contributed by atoms with Crippen LogP contribution in [0.15, 0.2) is 53.5 Å². The van der Waals surface area contributed by atoms with Crippen molar-refractivity contribution < 1.29 is 19.1 Å². The van der Waals surface area contributed by atoms with Gasteiger partial charge in [-0.3, -0.25) is 14.5 Å². The zero-order chi connectivity index (χ0) is 24.9. The molecular weight excluding hydrogens is 444 g/mol. The number of hydrogen-bond acceptors (Lipinski definition) is 7. The number of benzene rings is 1. The van der Waals surface area contributed by atoms with Crippen molar-refractivity contribution >= 4 is 40.4 Å². The Bertz CT molecular complexity index is 1410. The molecule has 1 unspecified atom stereocenters. The Morgan fingerprint density at radius 2 is 2.17 bits per heavy atom. The molecule has 8 nitrogen and oxygen atoms in total. The predicted octanol–water partition coefficient (Wildman–Crippen LogP) is 3.63. The van der Waals surface area contributed by atoms with E-state index >= 15 is 0 Å². The van der Waals surface area contributed by atoms with Crippen LogP contribution in [-0.2, 0) is 19.1 Å². The number of rotatable bonds is 5. The Balaban J connectivity index is 1.69. The van der Waals surface area contributed by atoms with Gasteiger partial charge in [-0.15, -0.1) is 0 Å². The number of aliphatic imine (C=N–C) groups is 1. The molecule has 4 rings (SSSR count). The number of H-pyrrole nitrogens is 1. The van der Waals surface area contributed by atoms with E-state index in [1.165, 1.54) is 0 Å². The average molecular weight is 471 g/mol. The topological polar surface area (TPSA) is 96.9 Å². The van der Waals surface area contributed by atoms with Gasteiger partial charge in [0.2, 0.25) is 11.7 Å².